The van der Waals surface area contributed by atoms with Gasteiger partial charge in [0.2, 0.25) is 5.91 Å². The average Bonchev–Trinajstić information content (AvgIpc) is 2.41. The molecule has 1 aromatic carbocycles. The molecular formula is C14H20Cl2N2O. The molecule has 19 heavy (non-hydrogen) atoms. The monoisotopic (exact) mass is 302 g/mol. The first kappa shape index (κ1) is 16.3. The van der Waals surface area contributed by atoms with E-state index >= 15 is 0 Å². The molecule has 3 nitrogen and oxygen atoms in total. The molecule has 0 saturated carbocycles. The summed E-state index contributed by atoms with van der Waals surface area (Å²) in [6, 6.07) is 8.10. The fourth-order valence-corrected chi connectivity index (χ4v) is 2.54. The van der Waals surface area contributed by atoms with Gasteiger partial charge in [-0.25, -0.2) is 0 Å². The fourth-order valence-electron chi connectivity index (χ4n) is 2.33. The van der Waals surface area contributed by atoms with Crippen LogP contribution in [0.25, 0.3) is 0 Å². The van der Waals surface area contributed by atoms with Gasteiger partial charge in [-0.1, -0.05) is 29.8 Å². The Morgan fingerprint density at radius 2 is 2.00 bits per heavy atom. The number of rotatable bonds is 3. The maximum absolute atomic E-state index is 12.2. The van der Waals surface area contributed by atoms with E-state index < -0.39 is 0 Å². The van der Waals surface area contributed by atoms with Crippen molar-refractivity contribution < 1.29 is 4.79 Å². The van der Waals surface area contributed by atoms with Gasteiger partial charge in [0.1, 0.15) is 0 Å². The quantitative estimate of drug-likeness (QED) is 0.930. The van der Waals surface area contributed by atoms with Crippen LogP contribution in [0.1, 0.15) is 18.4 Å². The molecule has 1 aliphatic rings. The molecule has 0 aliphatic carbocycles. The molecule has 106 valence electrons. The van der Waals surface area contributed by atoms with Crippen molar-refractivity contribution in [3.8, 4) is 0 Å². The van der Waals surface area contributed by atoms with Crippen LogP contribution >= 0.6 is 24.0 Å². The standard InChI is InChI=1S/C14H19ClN2O.ClH/c1-16-12-6-8-17(9-7-12)14(18)10-11-4-2-3-5-13(11)15;/h2-5,12,16H,6-10H2,1H3;1H. The third-order valence-electron chi connectivity index (χ3n) is 3.56. The van der Waals surface area contributed by atoms with Gasteiger partial charge in [-0.05, 0) is 31.5 Å². The number of amides is 1. The van der Waals surface area contributed by atoms with Crippen LogP contribution in [-0.4, -0.2) is 37.0 Å². The molecule has 1 heterocycles. The first-order valence-corrected chi connectivity index (χ1v) is 6.77. The van der Waals surface area contributed by atoms with Crippen LogP contribution in [0.15, 0.2) is 24.3 Å². The van der Waals surface area contributed by atoms with Crippen molar-refractivity contribution >= 4 is 29.9 Å². The van der Waals surface area contributed by atoms with E-state index in [9.17, 15) is 4.79 Å². The highest BCUT2D eigenvalue weighted by Crippen LogP contribution is 2.17. The van der Waals surface area contributed by atoms with Crippen molar-refractivity contribution in [1.82, 2.24) is 10.2 Å². The van der Waals surface area contributed by atoms with E-state index in [4.69, 9.17) is 11.6 Å². The van der Waals surface area contributed by atoms with Crippen LogP contribution in [0.3, 0.4) is 0 Å². The van der Waals surface area contributed by atoms with E-state index in [0.29, 0.717) is 17.5 Å². The number of carbonyl (C=O) groups excluding carboxylic acids is 1. The van der Waals surface area contributed by atoms with Gasteiger partial charge in [0.25, 0.3) is 0 Å². The Morgan fingerprint density at radius 1 is 1.37 bits per heavy atom. The molecule has 1 fully saturated rings. The van der Waals surface area contributed by atoms with E-state index in [1.807, 2.05) is 36.2 Å². The third kappa shape index (κ3) is 4.37. The molecular weight excluding hydrogens is 283 g/mol. The molecule has 0 spiro atoms. The van der Waals surface area contributed by atoms with Crippen LogP contribution < -0.4 is 5.32 Å². The minimum Gasteiger partial charge on any atom is -0.342 e. The zero-order valence-electron chi connectivity index (χ0n) is 11.1. The van der Waals surface area contributed by atoms with Crippen LogP contribution in [0.2, 0.25) is 5.02 Å². The van der Waals surface area contributed by atoms with Gasteiger partial charge < -0.3 is 10.2 Å². The zero-order valence-corrected chi connectivity index (χ0v) is 12.6. The highest BCUT2D eigenvalue weighted by Gasteiger charge is 2.22. The molecule has 0 unspecified atom stereocenters. The third-order valence-corrected chi connectivity index (χ3v) is 3.92. The minimum absolute atomic E-state index is 0. The molecule has 1 amide bonds. The highest BCUT2D eigenvalue weighted by molar-refractivity contribution is 6.31. The van der Waals surface area contributed by atoms with Crippen LogP contribution in [-0.2, 0) is 11.2 Å². The summed E-state index contributed by atoms with van der Waals surface area (Å²) < 4.78 is 0. The average molecular weight is 303 g/mol. The molecule has 1 saturated heterocycles. The second kappa shape index (κ2) is 7.73. The van der Waals surface area contributed by atoms with Gasteiger partial charge in [0.05, 0.1) is 6.42 Å². The number of halogens is 2. The summed E-state index contributed by atoms with van der Waals surface area (Å²) in [7, 11) is 1.98. The Morgan fingerprint density at radius 3 is 2.58 bits per heavy atom. The van der Waals surface area contributed by atoms with Gasteiger partial charge in [0, 0.05) is 24.2 Å². The topological polar surface area (TPSA) is 32.3 Å². The summed E-state index contributed by atoms with van der Waals surface area (Å²) in [6.07, 6.45) is 2.47. The Bertz CT molecular complexity index is 418. The molecule has 5 heteroatoms. The molecule has 0 aromatic heterocycles. The summed E-state index contributed by atoms with van der Waals surface area (Å²) in [5.41, 5.74) is 0.917. The van der Waals surface area contributed by atoms with E-state index in [-0.39, 0.29) is 18.3 Å². The van der Waals surface area contributed by atoms with Gasteiger partial charge in [-0.2, -0.15) is 0 Å². The molecule has 1 N–H and O–H groups in total. The lowest BCUT2D eigenvalue weighted by molar-refractivity contribution is -0.131. The smallest absolute Gasteiger partial charge is 0.227 e. The Balaban J connectivity index is 0.00000180. The number of nitrogens with zero attached hydrogens (tertiary/aromatic N) is 1. The van der Waals surface area contributed by atoms with Crippen molar-refractivity contribution in [1.29, 1.82) is 0 Å². The second-order valence-corrected chi connectivity index (χ2v) is 5.12. The van der Waals surface area contributed by atoms with Gasteiger partial charge in [0.15, 0.2) is 0 Å². The summed E-state index contributed by atoms with van der Waals surface area (Å²) >= 11 is 6.07. The Hall–Kier alpha value is -0.770. The van der Waals surface area contributed by atoms with Crippen molar-refractivity contribution in [3.63, 3.8) is 0 Å². The number of likely N-dealkylation sites (tertiary alicyclic amines) is 1. The Labute approximate surface area is 125 Å². The second-order valence-electron chi connectivity index (χ2n) is 4.71. The Kier molecular flexibility index (Phi) is 6.63. The first-order chi connectivity index (χ1) is 8.70. The molecule has 0 atom stereocenters. The zero-order chi connectivity index (χ0) is 13.0. The fraction of sp³-hybridized carbons (Fsp3) is 0.500. The predicted molar refractivity (Wildman–Crippen MR) is 81.1 cm³/mol. The lowest BCUT2D eigenvalue weighted by atomic mass is 10.0. The van der Waals surface area contributed by atoms with Crippen LogP contribution in [0, 0.1) is 0 Å². The van der Waals surface area contributed by atoms with E-state index in [1.165, 1.54) is 0 Å². The van der Waals surface area contributed by atoms with Crippen molar-refractivity contribution in [2.75, 3.05) is 20.1 Å². The number of piperidine rings is 1. The number of benzene rings is 1. The maximum atomic E-state index is 12.2. The largest absolute Gasteiger partial charge is 0.342 e. The lowest BCUT2D eigenvalue weighted by Crippen LogP contribution is -2.44. The normalized spacial score (nSPS) is 16.0. The summed E-state index contributed by atoms with van der Waals surface area (Å²) in [5.74, 6) is 0.178. The van der Waals surface area contributed by atoms with Crippen molar-refractivity contribution in [2.24, 2.45) is 0 Å². The maximum Gasteiger partial charge on any atom is 0.227 e. The van der Waals surface area contributed by atoms with Crippen molar-refractivity contribution in [3.05, 3.63) is 34.9 Å². The molecule has 0 bridgehead atoms. The number of nitrogens with one attached hydrogen (secondary N) is 1. The molecule has 0 radical (unpaired) electrons. The number of carbonyl (C=O) groups is 1. The molecule has 1 aliphatic heterocycles. The van der Waals surface area contributed by atoms with Crippen LogP contribution in [0.5, 0.6) is 0 Å². The summed E-state index contributed by atoms with van der Waals surface area (Å²) in [5, 5.41) is 3.94. The molecule has 1 aromatic rings. The van der Waals surface area contributed by atoms with Crippen LogP contribution in [0.4, 0.5) is 0 Å². The highest BCUT2D eigenvalue weighted by atomic mass is 35.5. The van der Waals surface area contributed by atoms with E-state index in [1.54, 1.807) is 0 Å². The van der Waals surface area contributed by atoms with Crippen molar-refractivity contribution in [2.45, 2.75) is 25.3 Å². The van der Waals surface area contributed by atoms with E-state index in [2.05, 4.69) is 5.32 Å². The number of hydrogen-bond acceptors (Lipinski definition) is 2. The summed E-state index contributed by atoms with van der Waals surface area (Å²) in [4.78, 5) is 14.1. The SMILES string of the molecule is CNC1CCN(C(=O)Cc2ccccc2Cl)CC1.Cl. The van der Waals surface area contributed by atoms with Gasteiger partial charge >= 0.3 is 0 Å². The number of hydrogen-bond donors (Lipinski definition) is 1. The summed E-state index contributed by atoms with van der Waals surface area (Å²) in [6.45, 7) is 1.68. The molecule has 2 rings (SSSR count). The van der Waals surface area contributed by atoms with Gasteiger partial charge in [-0.3, -0.25) is 4.79 Å². The predicted octanol–water partition coefficient (Wildman–Crippen LogP) is 2.51. The first-order valence-electron chi connectivity index (χ1n) is 6.39. The van der Waals surface area contributed by atoms with Gasteiger partial charge in [-0.15, -0.1) is 12.4 Å². The van der Waals surface area contributed by atoms with E-state index in [0.717, 1.165) is 31.5 Å². The lowest BCUT2D eigenvalue weighted by Gasteiger charge is -2.32. The minimum atomic E-state index is 0.